The lowest BCUT2D eigenvalue weighted by Gasteiger charge is -2.46. The third-order valence-corrected chi connectivity index (χ3v) is 4.36. The van der Waals surface area contributed by atoms with E-state index in [9.17, 15) is 0 Å². The van der Waals surface area contributed by atoms with Crippen LogP contribution in [-0.4, -0.2) is 32.4 Å². The van der Waals surface area contributed by atoms with E-state index in [-0.39, 0.29) is 11.5 Å². The van der Waals surface area contributed by atoms with E-state index in [1.54, 1.807) is 0 Å². The molecule has 1 N–H and O–H groups in total. The Labute approximate surface area is 115 Å². The van der Waals surface area contributed by atoms with E-state index < -0.39 is 0 Å². The van der Waals surface area contributed by atoms with Crippen LogP contribution < -0.4 is 10.1 Å². The summed E-state index contributed by atoms with van der Waals surface area (Å²) in [6.45, 7) is 8.10. The number of ether oxygens (including phenoxy) is 2. The maximum atomic E-state index is 5.72. The van der Waals surface area contributed by atoms with E-state index in [1.807, 2.05) is 0 Å². The highest BCUT2D eigenvalue weighted by Crippen LogP contribution is 2.42. The number of hydrogen-bond donors (Lipinski definition) is 1. The molecule has 2 saturated heterocycles. The van der Waals surface area contributed by atoms with Gasteiger partial charge in [0.2, 0.25) is 0 Å². The van der Waals surface area contributed by atoms with Crippen molar-refractivity contribution in [2.75, 3.05) is 26.3 Å². The molecule has 2 aliphatic rings. The monoisotopic (exact) mass is 261 g/mol. The summed E-state index contributed by atoms with van der Waals surface area (Å²) in [6, 6.07) is 8.63. The fraction of sp³-hybridized carbons (Fsp3) is 0.625. The third kappa shape index (κ3) is 2.37. The van der Waals surface area contributed by atoms with Crippen LogP contribution in [-0.2, 0) is 10.2 Å². The van der Waals surface area contributed by atoms with E-state index in [4.69, 9.17) is 9.47 Å². The lowest BCUT2D eigenvalue weighted by molar-refractivity contribution is -0.0869. The van der Waals surface area contributed by atoms with Gasteiger partial charge in [-0.15, -0.1) is 0 Å². The molecule has 0 aliphatic carbocycles. The summed E-state index contributed by atoms with van der Waals surface area (Å²) >= 11 is 0. The smallest absolute Gasteiger partial charge is 0.119 e. The van der Waals surface area contributed by atoms with Gasteiger partial charge in [-0.05, 0) is 57.0 Å². The number of benzene rings is 1. The summed E-state index contributed by atoms with van der Waals surface area (Å²) in [4.78, 5) is 0. The molecular formula is C16H23NO2. The van der Waals surface area contributed by atoms with Gasteiger partial charge >= 0.3 is 0 Å². The largest absolute Gasteiger partial charge is 0.491 e. The minimum atomic E-state index is 0.228. The molecule has 0 saturated carbocycles. The van der Waals surface area contributed by atoms with Gasteiger partial charge in [0, 0.05) is 5.41 Å². The first-order valence-electron chi connectivity index (χ1n) is 7.26. The van der Waals surface area contributed by atoms with E-state index in [0.29, 0.717) is 5.92 Å². The predicted octanol–water partition coefficient (Wildman–Crippen LogP) is 2.35. The molecule has 0 bridgehead atoms. The average Bonchev–Trinajstić information content (AvgIpc) is 2.83. The van der Waals surface area contributed by atoms with Crippen molar-refractivity contribution in [1.82, 2.24) is 5.32 Å². The lowest BCUT2D eigenvalue weighted by Crippen LogP contribution is -2.53. The molecule has 1 unspecified atom stereocenters. The predicted molar refractivity (Wildman–Crippen MR) is 75.7 cm³/mol. The first kappa shape index (κ1) is 12.9. The minimum absolute atomic E-state index is 0.228. The van der Waals surface area contributed by atoms with Gasteiger partial charge in [-0.2, -0.15) is 0 Å². The molecular weight excluding hydrogens is 238 g/mol. The minimum Gasteiger partial charge on any atom is -0.491 e. The maximum absolute atomic E-state index is 5.72. The van der Waals surface area contributed by atoms with Crippen LogP contribution in [0.2, 0.25) is 0 Å². The molecule has 3 rings (SSSR count). The van der Waals surface area contributed by atoms with Crippen molar-refractivity contribution >= 4 is 0 Å². The van der Waals surface area contributed by atoms with Crippen LogP contribution >= 0.6 is 0 Å². The summed E-state index contributed by atoms with van der Waals surface area (Å²) in [5, 5.41) is 3.47. The van der Waals surface area contributed by atoms with Gasteiger partial charge < -0.3 is 14.8 Å². The molecule has 3 heteroatoms. The van der Waals surface area contributed by atoms with Crippen LogP contribution in [0.15, 0.2) is 24.3 Å². The van der Waals surface area contributed by atoms with Crippen LogP contribution in [0.25, 0.3) is 0 Å². The summed E-state index contributed by atoms with van der Waals surface area (Å²) in [5.74, 6) is 1.66. The highest BCUT2D eigenvalue weighted by atomic mass is 16.5. The Morgan fingerprint density at radius 2 is 2.00 bits per heavy atom. The van der Waals surface area contributed by atoms with E-state index in [0.717, 1.165) is 32.1 Å². The van der Waals surface area contributed by atoms with Gasteiger partial charge in [-0.3, -0.25) is 0 Å². The Balaban J connectivity index is 1.79. The van der Waals surface area contributed by atoms with Gasteiger partial charge in [0.15, 0.2) is 0 Å². The van der Waals surface area contributed by atoms with E-state index in [1.165, 1.54) is 12.0 Å². The molecule has 19 heavy (non-hydrogen) atoms. The third-order valence-electron chi connectivity index (χ3n) is 4.36. The number of rotatable bonds is 4. The zero-order valence-corrected chi connectivity index (χ0v) is 11.8. The first-order chi connectivity index (χ1) is 9.21. The summed E-state index contributed by atoms with van der Waals surface area (Å²) in [7, 11) is 0. The fourth-order valence-electron chi connectivity index (χ4n) is 3.22. The second kappa shape index (κ2) is 5.14. The van der Waals surface area contributed by atoms with Crippen LogP contribution in [0.3, 0.4) is 0 Å². The van der Waals surface area contributed by atoms with Crippen molar-refractivity contribution in [2.24, 2.45) is 5.92 Å². The highest BCUT2D eigenvalue weighted by Gasteiger charge is 2.47. The molecule has 0 amide bonds. The zero-order chi connectivity index (χ0) is 13.3. The molecule has 3 nitrogen and oxygen atoms in total. The van der Waals surface area contributed by atoms with Gasteiger partial charge in [-0.1, -0.05) is 12.1 Å². The second-order valence-corrected chi connectivity index (χ2v) is 6.03. The van der Waals surface area contributed by atoms with Crippen molar-refractivity contribution < 1.29 is 9.47 Å². The van der Waals surface area contributed by atoms with Crippen molar-refractivity contribution in [3.05, 3.63) is 29.8 Å². The van der Waals surface area contributed by atoms with Crippen LogP contribution in [0, 0.1) is 5.92 Å². The molecule has 104 valence electrons. The quantitative estimate of drug-likeness (QED) is 0.902. The van der Waals surface area contributed by atoms with E-state index in [2.05, 4.69) is 43.4 Å². The van der Waals surface area contributed by atoms with Gasteiger partial charge in [-0.25, -0.2) is 0 Å². The molecule has 0 aromatic heterocycles. The molecule has 1 aromatic carbocycles. The molecule has 1 atom stereocenters. The summed E-state index contributed by atoms with van der Waals surface area (Å²) in [5.41, 5.74) is 1.64. The number of nitrogens with one attached hydrogen (secondary N) is 1. The van der Waals surface area contributed by atoms with Gasteiger partial charge in [0.05, 0.1) is 19.3 Å². The van der Waals surface area contributed by atoms with Gasteiger partial charge in [0.1, 0.15) is 5.75 Å². The lowest BCUT2D eigenvalue weighted by atomic mass is 9.68. The molecule has 2 heterocycles. The maximum Gasteiger partial charge on any atom is 0.119 e. The zero-order valence-electron chi connectivity index (χ0n) is 11.8. The van der Waals surface area contributed by atoms with Crippen molar-refractivity contribution in [3.8, 4) is 5.75 Å². The molecule has 0 spiro atoms. The first-order valence-corrected chi connectivity index (χ1v) is 7.26. The van der Waals surface area contributed by atoms with Crippen LogP contribution in [0.1, 0.15) is 25.8 Å². The summed E-state index contributed by atoms with van der Waals surface area (Å²) < 4.78 is 11.3. The SMILES string of the molecule is CC(C)Oc1ccc(C2(C3CCNC3)COC2)cc1. The Kier molecular flexibility index (Phi) is 3.50. The Hall–Kier alpha value is -1.06. The van der Waals surface area contributed by atoms with E-state index >= 15 is 0 Å². The fourth-order valence-corrected chi connectivity index (χ4v) is 3.22. The topological polar surface area (TPSA) is 30.5 Å². The van der Waals surface area contributed by atoms with Crippen LogP contribution in [0.4, 0.5) is 0 Å². The van der Waals surface area contributed by atoms with Gasteiger partial charge in [0.25, 0.3) is 0 Å². The van der Waals surface area contributed by atoms with Crippen molar-refractivity contribution in [3.63, 3.8) is 0 Å². The second-order valence-electron chi connectivity index (χ2n) is 6.03. The number of hydrogen-bond acceptors (Lipinski definition) is 3. The molecule has 1 aromatic rings. The van der Waals surface area contributed by atoms with Crippen molar-refractivity contribution in [1.29, 1.82) is 0 Å². The molecule has 0 radical (unpaired) electrons. The van der Waals surface area contributed by atoms with Crippen LogP contribution in [0.5, 0.6) is 5.75 Å². The summed E-state index contributed by atoms with van der Waals surface area (Å²) in [6.07, 6.45) is 1.49. The normalized spacial score (nSPS) is 25.3. The standard InChI is InChI=1S/C16H23NO2/c1-12(2)19-15-5-3-13(4-6-15)16(10-18-11-16)14-7-8-17-9-14/h3-6,12,14,17H,7-11H2,1-2H3. The highest BCUT2D eigenvalue weighted by molar-refractivity contribution is 5.35. The Morgan fingerprint density at radius 1 is 1.26 bits per heavy atom. The Bertz CT molecular complexity index is 417. The molecule has 2 aliphatic heterocycles. The average molecular weight is 261 g/mol. The van der Waals surface area contributed by atoms with Crippen molar-refractivity contribution in [2.45, 2.75) is 31.8 Å². The molecule has 2 fully saturated rings. The Morgan fingerprint density at radius 3 is 2.47 bits per heavy atom.